The lowest BCUT2D eigenvalue weighted by Gasteiger charge is -2.16. The van der Waals surface area contributed by atoms with Gasteiger partial charge in [-0.25, -0.2) is 0 Å². The number of ether oxygens (including phenoxy) is 1. The van der Waals surface area contributed by atoms with E-state index in [1.807, 2.05) is 24.3 Å². The van der Waals surface area contributed by atoms with Gasteiger partial charge in [-0.2, -0.15) is 5.26 Å². The van der Waals surface area contributed by atoms with Crippen LogP contribution in [0.2, 0.25) is 0 Å². The van der Waals surface area contributed by atoms with E-state index in [4.69, 9.17) is 10.00 Å². The normalized spacial score (nSPS) is 18.2. The molecule has 0 amide bonds. The third-order valence-corrected chi connectivity index (χ3v) is 3.57. The Labute approximate surface area is 124 Å². The quantitative estimate of drug-likeness (QED) is 0.804. The molecular weight excluding hydrogens is 264 g/mol. The maximum atomic E-state index is 12.2. The lowest BCUT2D eigenvalue weighted by molar-refractivity contribution is -0.122. The predicted molar refractivity (Wildman–Crippen MR) is 79.3 cm³/mol. The summed E-state index contributed by atoms with van der Waals surface area (Å²) in [6.45, 7) is 0. The van der Waals surface area contributed by atoms with Gasteiger partial charge in [0.25, 0.3) is 0 Å². The lowest BCUT2D eigenvalue weighted by Crippen LogP contribution is -2.15. The summed E-state index contributed by atoms with van der Waals surface area (Å²) in [5.74, 6) is 0.194. The van der Waals surface area contributed by atoms with Gasteiger partial charge in [0.15, 0.2) is 0 Å². The molecule has 0 spiro atoms. The first kappa shape index (κ1) is 15.1. The van der Waals surface area contributed by atoms with E-state index >= 15 is 0 Å². The molecule has 2 atom stereocenters. The number of Topliss-reactive ketones (excluding diaryl/α,β-unsaturated/α-hetero) is 1. The number of nitriles is 1. The number of hydrogen-bond acceptors (Lipinski definition) is 4. The molecule has 0 radical (unpaired) electrons. The van der Waals surface area contributed by atoms with Gasteiger partial charge in [-0.1, -0.05) is 24.3 Å². The van der Waals surface area contributed by atoms with Crippen molar-refractivity contribution >= 4 is 5.78 Å². The van der Waals surface area contributed by atoms with Crippen LogP contribution in [0.25, 0.3) is 0 Å². The molecule has 4 heteroatoms. The Kier molecular flexibility index (Phi) is 5.42. The second-order valence-electron chi connectivity index (χ2n) is 4.97. The topological polar surface area (TPSA) is 63.0 Å². The van der Waals surface area contributed by atoms with Gasteiger partial charge in [-0.3, -0.25) is 9.78 Å². The average molecular weight is 282 g/mol. The standard InChI is InChI=1S/C17H18N2O2/c1-21-17(15-11-13(12-18)9-10-19-15)8-7-16(20)14-5-3-2-4-6-14/h2-5,9-11,14,17H,6-8H2,1H3. The highest BCUT2D eigenvalue weighted by atomic mass is 16.5. The van der Waals surface area contributed by atoms with Crippen LogP contribution in [0.1, 0.15) is 36.6 Å². The van der Waals surface area contributed by atoms with E-state index in [0.29, 0.717) is 24.1 Å². The first-order valence-corrected chi connectivity index (χ1v) is 6.99. The van der Waals surface area contributed by atoms with E-state index in [1.54, 1.807) is 25.4 Å². The molecule has 0 aromatic carbocycles. The Bertz CT molecular complexity index is 599. The first-order chi connectivity index (χ1) is 10.2. The zero-order chi connectivity index (χ0) is 15.1. The van der Waals surface area contributed by atoms with Crippen LogP contribution in [-0.4, -0.2) is 17.9 Å². The van der Waals surface area contributed by atoms with E-state index in [1.165, 1.54) is 0 Å². The summed E-state index contributed by atoms with van der Waals surface area (Å²) in [5, 5.41) is 8.92. The molecule has 0 saturated carbocycles. The van der Waals surface area contributed by atoms with Crippen molar-refractivity contribution in [3.05, 3.63) is 53.9 Å². The number of aromatic nitrogens is 1. The number of ketones is 1. The van der Waals surface area contributed by atoms with Gasteiger partial charge in [0.05, 0.1) is 23.4 Å². The van der Waals surface area contributed by atoms with Crippen molar-refractivity contribution in [2.45, 2.75) is 25.4 Å². The van der Waals surface area contributed by atoms with Gasteiger partial charge < -0.3 is 4.74 Å². The summed E-state index contributed by atoms with van der Waals surface area (Å²) in [6.07, 6.45) is 10.9. The highest BCUT2D eigenvalue weighted by Gasteiger charge is 2.19. The van der Waals surface area contributed by atoms with E-state index in [9.17, 15) is 4.79 Å². The molecule has 1 aromatic heterocycles. The molecule has 1 aliphatic rings. The van der Waals surface area contributed by atoms with Gasteiger partial charge in [0.2, 0.25) is 0 Å². The third-order valence-electron chi connectivity index (χ3n) is 3.57. The van der Waals surface area contributed by atoms with E-state index in [0.717, 1.165) is 6.42 Å². The fraction of sp³-hybridized carbons (Fsp3) is 0.353. The summed E-state index contributed by atoms with van der Waals surface area (Å²) in [4.78, 5) is 16.4. The number of pyridine rings is 1. The van der Waals surface area contributed by atoms with E-state index in [-0.39, 0.29) is 17.8 Å². The van der Waals surface area contributed by atoms with Crippen LogP contribution in [0, 0.1) is 17.2 Å². The molecule has 2 rings (SSSR count). The van der Waals surface area contributed by atoms with Crippen molar-refractivity contribution in [1.82, 2.24) is 4.98 Å². The predicted octanol–water partition coefficient (Wildman–Crippen LogP) is 3.12. The smallest absolute Gasteiger partial charge is 0.140 e. The monoisotopic (exact) mass is 282 g/mol. The number of nitrogens with zero attached hydrogens (tertiary/aromatic N) is 2. The van der Waals surface area contributed by atoms with Crippen molar-refractivity contribution in [3.63, 3.8) is 0 Å². The van der Waals surface area contributed by atoms with Gasteiger partial charge >= 0.3 is 0 Å². The molecule has 1 aliphatic carbocycles. The molecule has 0 saturated heterocycles. The van der Waals surface area contributed by atoms with Crippen LogP contribution in [0.5, 0.6) is 0 Å². The van der Waals surface area contributed by atoms with Crippen LogP contribution in [0.15, 0.2) is 42.6 Å². The summed E-state index contributed by atoms with van der Waals surface area (Å²) in [6, 6.07) is 5.45. The van der Waals surface area contributed by atoms with Crippen molar-refractivity contribution in [1.29, 1.82) is 5.26 Å². The molecule has 108 valence electrons. The molecule has 4 nitrogen and oxygen atoms in total. The van der Waals surface area contributed by atoms with Crippen molar-refractivity contribution in [2.75, 3.05) is 7.11 Å². The number of rotatable bonds is 6. The summed E-state index contributed by atoms with van der Waals surface area (Å²) in [7, 11) is 1.60. The molecule has 0 aliphatic heterocycles. The van der Waals surface area contributed by atoms with Crippen LogP contribution in [-0.2, 0) is 9.53 Å². The fourth-order valence-electron chi connectivity index (χ4n) is 2.36. The fourth-order valence-corrected chi connectivity index (χ4v) is 2.36. The molecule has 2 unspecified atom stereocenters. The first-order valence-electron chi connectivity index (χ1n) is 6.99. The molecule has 0 fully saturated rings. The minimum atomic E-state index is -0.259. The second-order valence-corrected chi connectivity index (χ2v) is 4.97. The number of carbonyl (C=O) groups excluding carboxylic acids is 1. The number of carbonyl (C=O) groups is 1. The van der Waals surface area contributed by atoms with Crippen LogP contribution >= 0.6 is 0 Å². The number of hydrogen-bond donors (Lipinski definition) is 0. The molecule has 1 heterocycles. The van der Waals surface area contributed by atoms with Crippen LogP contribution in [0.4, 0.5) is 0 Å². The van der Waals surface area contributed by atoms with Gasteiger partial charge in [-0.05, 0) is 25.0 Å². The maximum absolute atomic E-state index is 12.2. The molecule has 0 bridgehead atoms. The Balaban J connectivity index is 1.96. The Morgan fingerprint density at radius 2 is 2.43 bits per heavy atom. The average Bonchev–Trinajstić information content (AvgIpc) is 2.56. The van der Waals surface area contributed by atoms with Crippen molar-refractivity contribution in [3.8, 4) is 6.07 Å². The highest BCUT2D eigenvalue weighted by Crippen LogP contribution is 2.23. The zero-order valence-electron chi connectivity index (χ0n) is 12.0. The molecular formula is C17H18N2O2. The summed E-state index contributed by atoms with van der Waals surface area (Å²) in [5.41, 5.74) is 1.25. The molecule has 0 N–H and O–H groups in total. The summed E-state index contributed by atoms with van der Waals surface area (Å²) < 4.78 is 5.42. The van der Waals surface area contributed by atoms with Crippen LogP contribution < -0.4 is 0 Å². The SMILES string of the molecule is COC(CCC(=O)C1C=CC=CC1)c1cc(C#N)ccn1. The largest absolute Gasteiger partial charge is 0.375 e. The third kappa shape index (κ3) is 4.11. The van der Waals surface area contributed by atoms with Crippen molar-refractivity contribution in [2.24, 2.45) is 5.92 Å². The molecule has 21 heavy (non-hydrogen) atoms. The van der Waals surface area contributed by atoms with Crippen LogP contribution in [0.3, 0.4) is 0 Å². The Morgan fingerprint density at radius 3 is 3.10 bits per heavy atom. The zero-order valence-corrected chi connectivity index (χ0v) is 12.0. The highest BCUT2D eigenvalue weighted by molar-refractivity contribution is 5.83. The van der Waals surface area contributed by atoms with Gasteiger partial charge in [-0.15, -0.1) is 0 Å². The van der Waals surface area contributed by atoms with Crippen molar-refractivity contribution < 1.29 is 9.53 Å². The summed E-state index contributed by atoms with van der Waals surface area (Å²) >= 11 is 0. The molecule has 1 aromatic rings. The van der Waals surface area contributed by atoms with Gasteiger partial charge in [0, 0.05) is 25.6 Å². The Hall–Kier alpha value is -2.25. The van der Waals surface area contributed by atoms with Gasteiger partial charge in [0.1, 0.15) is 5.78 Å². The lowest BCUT2D eigenvalue weighted by atomic mass is 9.92. The van der Waals surface area contributed by atoms with E-state index < -0.39 is 0 Å². The maximum Gasteiger partial charge on any atom is 0.140 e. The Morgan fingerprint density at radius 1 is 1.57 bits per heavy atom. The number of allylic oxidation sites excluding steroid dienone is 4. The van der Waals surface area contributed by atoms with E-state index in [2.05, 4.69) is 11.1 Å². The minimum Gasteiger partial charge on any atom is -0.375 e. The minimum absolute atomic E-state index is 0.0223. The number of methoxy groups -OCH3 is 1. The second kappa shape index (κ2) is 7.51.